The second-order valence-corrected chi connectivity index (χ2v) is 4.27. The molecule has 1 aliphatic carbocycles. The van der Waals surface area contributed by atoms with Crippen molar-refractivity contribution in [3.8, 4) is 0 Å². The van der Waals surface area contributed by atoms with E-state index in [4.69, 9.17) is 4.74 Å². The Kier molecular flexibility index (Phi) is 3.34. The fourth-order valence-electron chi connectivity index (χ4n) is 2.54. The molecule has 1 aliphatic heterocycles. The van der Waals surface area contributed by atoms with Gasteiger partial charge >= 0.3 is 0 Å². The van der Waals surface area contributed by atoms with Crippen molar-refractivity contribution < 1.29 is 4.74 Å². The zero-order valence-corrected chi connectivity index (χ0v) is 9.88. The average molecular weight is 207 g/mol. The molecule has 0 aromatic carbocycles. The van der Waals surface area contributed by atoms with Crippen LogP contribution in [0.2, 0.25) is 0 Å². The maximum absolute atomic E-state index is 5.79. The minimum Gasteiger partial charge on any atom is -0.494 e. The number of nitrogens with zero attached hydrogens (tertiary/aromatic N) is 1. The van der Waals surface area contributed by atoms with Gasteiger partial charge in [-0.05, 0) is 31.8 Å². The first-order valence-electron chi connectivity index (χ1n) is 6.13. The highest BCUT2D eigenvalue weighted by atomic mass is 16.5. The van der Waals surface area contributed by atoms with E-state index in [0.29, 0.717) is 0 Å². The average Bonchev–Trinajstić information content (AvgIpc) is 2.29. The summed E-state index contributed by atoms with van der Waals surface area (Å²) in [5, 5.41) is 0. The zero-order chi connectivity index (χ0) is 10.7. The maximum atomic E-state index is 5.79. The Morgan fingerprint density at radius 2 is 2.27 bits per heavy atom. The number of ether oxygens (including phenoxy) is 1. The molecule has 0 saturated carbocycles. The first kappa shape index (κ1) is 10.6. The molecule has 0 aromatic rings. The van der Waals surface area contributed by atoms with Gasteiger partial charge in [-0.1, -0.05) is 13.0 Å². The summed E-state index contributed by atoms with van der Waals surface area (Å²) in [7, 11) is 0. The van der Waals surface area contributed by atoms with Crippen LogP contribution in [-0.4, -0.2) is 24.6 Å². The smallest absolute Gasteiger partial charge is 0.120 e. The van der Waals surface area contributed by atoms with Gasteiger partial charge in [-0.15, -0.1) is 0 Å². The summed E-state index contributed by atoms with van der Waals surface area (Å²) in [6, 6.07) is 0. The van der Waals surface area contributed by atoms with E-state index in [-0.39, 0.29) is 0 Å². The monoisotopic (exact) mass is 207 g/mol. The molecule has 0 fully saturated rings. The molecular weight excluding hydrogens is 186 g/mol. The van der Waals surface area contributed by atoms with Crippen LogP contribution in [0.4, 0.5) is 0 Å². The van der Waals surface area contributed by atoms with Crippen molar-refractivity contribution in [3.05, 3.63) is 23.1 Å². The van der Waals surface area contributed by atoms with Gasteiger partial charge in [0.05, 0.1) is 12.2 Å². The summed E-state index contributed by atoms with van der Waals surface area (Å²) >= 11 is 0. The van der Waals surface area contributed by atoms with Crippen LogP contribution in [0.1, 0.15) is 39.5 Å². The molecule has 2 nitrogen and oxygen atoms in total. The molecule has 1 heterocycles. The summed E-state index contributed by atoms with van der Waals surface area (Å²) in [4.78, 5) is 2.51. The Balaban J connectivity index is 2.28. The van der Waals surface area contributed by atoms with Gasteiger partial charge in [-0.3, -0.25) is 0 Å². The summed E-state index contributed by atoms with van der Waals surface area (Å²) in [5.41, 5.74) is 2.90. The van der Waals surface area contributed by atoms with Gasteiger partial charge in [0.25, 0.3) is 0 Å². The lowest BCUT2D eigenvalue weighted by Crippen LogP contribution is -2.35. The summed E-state index contributed by atoms with van der Waals surface area (Å²) in [6.45, 7) is 7.48. The molecule has 0 spiro atoms. The molecule has 84 valence electrons. The minimum absolute atomic E-state index is 0.871. The van der Waals surface area contributed by atoms with Crippen molar-refractivity contribution in [2.75, 3.05) is 19.7 Å². The van der Waals surface area contributed by atoms with Crippen molar-refractivity contribution in [2.45, 2.75) is 39.5 Å². The van der Waals surface area contributed by atoms with Gasteiger partial charge < -0.3 is 9.64 Å². The topological polar surface area (TPSA) is 12.5 Å². The lowest BCUT2D eigenvalue weighted by molar-refractivity contribution is 0.119. The first-order valence-corrected chi connectivity index (χ1v) is 6.13. The molecule has 0 bridgehead atoms. The van der Waals surface area contributed by atoms with Crippen LogP contribution in [-0.2, 0) is 4.74 Å². The van der Waals surface area contributed by atoms with E-state index >= 15 is 0 Å². The molecule has 0 unspecified atom stereocenters. The molecule has 0 aromatic heterocycles. The molecule has 15 heavy (non-hydrogen) atoms. The van der Waals surface area contributed by atoms with Crippen LogP contribution >= 0.6 is 0 Å². The van der Waals surface area contributed by atoms with Gasteiger partial charge in [-0.25, -0.2) is 0 Å². The Morgan fingerprint density at radius 1 is 1.40 bits per heavy atom. The van der Waals surface area contributed by atoms with E-state index in [2.05, 4.69) is 24.8 Å². The van der Waals surface area contributed by atoms with Crippen LogP contribution < -0.4 is 0 Å². The standard InChI is InChI=1S/C13H21NO/c1-3-8-14-9-10-15-12-7-5-6-11(4-2)13(12)14/h4H,3,5-10H2,1-2H3. The van der Waals surface area contributed by atoms with Crippen molar-refractivity contribution in [1.29, 1.82) is 0 Å². The van der Waals surface area contributed by atoms with Gasteiger partial charge in [0.1, 0.15) is 12.4 Å². The molecule has 2 aliphatic rings. The largest absolute Gasteiger partial charge is 0.494 e. The maximum Gasteiger partial charge on any atom is 0.120 e. The number of rotatable bonds is 2. The highest BCUT2D eigenvalue weighted by molar-refractivity contribution is 5.35. The van der Waals surface area contributed by atoms with Crippen LogP contribution in [0.3, 0.4) is 0 Å². The van der Waals surface area contributed by atoms with Crippen molar-refractivity contribution in [1.82, 2.24) is 4.90 Å². The van der Waals surface area contributed by atoms with E-state index in [0.717, 1.165) is 19.6 Å². The highest BCUT2D eigenvalue weighted by Gasteiger charge is 2.26. The molecule has 2 rings (SSSR count). The highest BCUT2D eigenvalue weighted by Crippen LogP contribution is 2.34. The van der Waals surface area contributed by atoms with E-state index in [1.165, 1.54) is 42.8 Å². The number of allylic oxidation sites excluding steroid dienone is 3. The number of hydrogen-bond acceptors (Lipinski definition) is 2. The lowest BCUT2D eigenvalue weighted by atomic mass is 9.94. The van der Waals surface area contributed by atoms with Gasteiger partial charge in [-0.2, -0.15) is 0 Å². The Hall–Kier alpha value is -0.920. The second kappa shape index (κ2) is 4.73. The Labute approximate surface area is 92.6 Å². The van der Waals surface area contributed by atoms with Gasteiger partial charge in [0.2, 0.25) is 0 Å². The van der Waals surface area contributed by atoms with Gasteiger partial charge in [0.15, 0.2) is 0 Å². The summed E-state index contributed by atoms with van der Waals surface area (Å²) in [6.07, 6.45) is 7.07. The molecule has 0 N–H and O–H groups in total. The van der Waals surface area contributed by atoms with E-state index in [9.17, 15) is 0 Å². The summed E-state index contributed by atoms with van der Waals surface area (Å²) in [5.74, 6) is 1.24. The summed E-state index contributed by atoms with van der Waals surface area (Å²) < 4.78 is 5.79. The molecule has 2 heteroatoms. The van der Waals surface area contributed by atoms with Crippen molar-refractivity contribution in [3.63, 3.8) is 0 Å². The predicted octanol–water partition coefficient (Wildman–Crippen LogP) is 3.07. The molecule has 0 amide bonds. The van der Waals surface area contributed by atoms with Crippen LogP contribution in [0.5, 0.6) is 0 Å². The lowest BCUT2D eigenvalue weighted by Gasteiger charge is -2.37. The van der Waals surface area contributed by atoms with E-state index < -0.39 is 0 Å². The number of hydrogen-bond donors (Lipinski definition) is 0. The third kappa shape index (κ3) is 2.04. The fraction of sp³-hybridized carbons (Fsp3) is 0.692. The van der Waals surface area contributed by atoms with Crippen LogP contribution in [0.15, 0.2) is 23.1 Å². The third-order valence-electron chi connectivity index (χ3n) is 3.21. The van der Waals surface area contributed by atoms with E-state index in [1.54, 1.807) is 0 Å². The molecule has 0 radical (unpaired) electrons. The Bertz CT molecular complexity index is 287. The van der Waals surface area contributed by atoms with Crippen LogP contribution in [0.25, 0.3) is 0 Å². The quantitative estimate of drug-likeness (QED) is 0.690. The fourth-order valence-corrected chi connectivity index (χ4v) is 2.54. The molecule has 0 saturated heterocycles. The van der Waals surface area contributed by atoms with Crippen molar-refractivity contribution in [2.24, 2.45) is 0 Å². The van der Waals surface area contributed by atoms with Gasteiger partial charge in [0, 0.05) is 13.0 Å². The first-order chi connectivity index (χ1) is 7.36. The third-order valence-corrected chi connectivity index (χ3v) is 3.21. The Morgan fingerprint density at radius 3 is 3.00 bits per heavy atom. The van der Waals surface area contributed by atoms with Crippen molar-refractivity contribution >= 4 is 0 Å². The van der Waals surface area contributed by atoms with Crippen LogP contribution in [0, 0.1) is 0 Å². The predicted molar refractivity (Wildman–Crippen MR) is 62.5 cm³/mol. The second-order valence-electron chi connectivity index (χ2n) is 4.27. The minimum atomic E-state index is 0.871. The molecule has 0 atom stereocenters. The SMILES string of the molecule is CC=C1CCCC2=C1N(CCC)CCO2. The normalized spacial score (nSPS) is 24.1. The molecular formula is C13H21NO. The zero-order valence-electron chi connectivity index (χ0n) is 9.88. The van der Waals surface area contributed by atoms with E-state index in [1.807, 2.05) is 0 Å².